The number of rotatable bonds is 17. The number of halogens is 40. The van der Waals surface area contributed by atoms with E-state index >= 15 is 0 Å². The summed E-state index contributed by atoms with van der Waals surface area (Å²) in [6.07, 6.45) is 0. The van der Waals surface area contributed by atoms with Crippen molar-refractivity contribution in [3.8, 4) is 0 Å². The van der Waals surface area contributed by atoms with E-state index in [0.29, 0.717) is 0 Å². The van der Waals surface area contributed by atoms with Crippen LogP contribution in [-0.2, 0) is 0 Å². The van der Waals surface area contributed by atoms with Crippen molar-refractivity contribution < 1.29 is 0 Å². The third-order valence-corrected chi connectivity index (χ3v) is 35.1. The highest BCUT2D eigenvalue weighted by atomic mass is 35.6. The summed E-state index contributed by atoms with van der Waals surface area (Å²) in [7, 11) is 0. The summed E-state index contributed by atoms with van der Waals surface area (Å²) < 4.78 is -63.8. The predicted octanol–water partition coefficient (Wildman–Crippen LogP) is 24.2. The molecule has 0 rings (SSSR count). The Morgan fingerprint density at radius 1 is 0.167 bits per heavy atom. The summed E-state index contributed by atoms with van der Waals surface area (Å²) in [5.74, 6) is 0. The second-order valence-corrected chi connectivity index (χ2v) is 37.0. The van der Waals surface area contributed by atoms with Crippen molar-refractivity contribution in [1.82, 2.24) is 0 Å². The second kappa shape index (κ2) is 21.5. The third-order valence-electron chi connectivity index (χ3n) is 7.11. The Labute approximate surface area is 541 Å². The van der Waals surface area contributed by atoms with E-state index in [1.165, 1.54) is 0 Å². The Hall–Kier alpha value is 11.3. The van der Waals surface area contributed by atoms with Crippen LogP contribution < -0.4 is 0 Å². The van der Waals surface area contributed by atoms with E-state index in [1.807, 2.05) is 0 Å². The number of allylic oxidation sites excluding steroid dienone is 1. The summed E-state index contributed by atoms with van der Waals surface area (Å²) in [6.45, 7) is 0. The monoisotopic (exact) mass is 1640 g/mol. The predicted molar refractivity (Wildman–Crippen MR) is 290 cm³/mol. The van der Waals surface area contributed by atoms with Crippen molar-refractivity contribution in [3.63, 3.8) is 0 Å². The molecular formula is C20Cl40. The molecule has 0 bridgehead atoms. The summed E-state index contributed by atoms with van der Waals surface area (Å²) in [5.41, 5.74) is 0. The summed E-state index contributed by atoms with van der Waals surface area (Å²) >= 11 is 255. The van der Waals surface area contributed by atoms with E-state index in [9.17, 15) is 0 Å². The normalized spacial score (nSPS) is 17.0. The average Bonchev–Trinajstić information content (AvgIpc) is 3.01. The zero-order valence-corrected chi connectivity index (χ0v) is 55.4. The van der Waals surface area contributed by atoms with Gasteiger partial charge in [0.05, 0.1) is 5.03 Å². The average molecular weight is 1660 g/mol. The van der Waals surface area contributed by atoms with Crippen LogP contribution in [-0.4, -0.2) is 77.5 Å². The quantitative estimate of drug-likeness (QED) is 0.127. The molecule has 0 aliphatic heterocycles. The largest absolute Gasteiger partial charge is 0.226 e. The van der Waals surface area contributed by atoms with Gasteiger partial charge in [-0.2, -0.15) is 0 Å². The highest BCUT2D eigenvalue weighted by Gasteiger charge is 2.88. The fourth-order valence-electron chi connectivity index (χ4n) is 3.39. The zero-order valence-electron chi connectivity index (χ0n) is 25.1. The maximum absolute atomic E-state index is 6.60. The minimum absolute atomic E-state index is 0.849. The molecule has 0 N–H and O–H groups in total. The van der Waals surface area contributed by atoms with Gasteiger partial charge in [0.2, 0.25) is 8.13 Å². The fraction of sp³-hybridized carbons (Fsp3) is 0.900. The van der Waals surface area contributed by atoms with Crippen molar-refractivity contribution in [2.24, 2.45) is 0 Å². The Balaban J connectivity index is 7.94. The molecule has 0 aliphatic carbocycles. The first kappa shape index (κ1) is 71.3. The van der Waals surface area contributed by atoms with Crippen LogP contribution in [0.3, 0.4) is 0 Å². The van der Waals surface area contributed by atoms with Gasteiger partial charge in [-0.3, -0.25) is 0 Å². The van der Waals surface area contributed by atoms with Crippen LogP contribution in [0.4, 0.5) is 0 Å². The van der Waals surface area contributed by atoms with Gasteiger partial charge in [-0.05, 0) is 0 Å². The summed E-state index contributed by atoms with van der Waals surface area (Å²) in [6, 6.07) is 0. The summed E-state index contributed by atoms with van der Waals surface area (Å²) in [4.78, 5) is 0. The zero-order chi connectivity index (χ0) is 50.2. The minimum Gasteiger partial charge on any atom is -0.0946 e. The molecule has 60 heavy (non-hydrogen) atoms. The molecule has 0 heterocycles. The first-order valence-electron chi connectivity index (χ1n) is 12.3. The maximum atomic E-state index is 6.60. The highest BCUT2D eigenvalue weighted by Crippen LogP contribution is 2.79. The molecule has 0 atom stereocenters. The molecule has 0 amide bonds. The Morgan fingerprint density at radius 3 is 0.400 bits per heavy atom. The molecule has 0 spiro atoms. The molecule has 0 aromatic rings. The number of alkyl halides is 37. The Morgan fingerprint density at radius 2 is 0.283 bits per heavy atom. The number of hydrogen-bond donors (Lipinski definition) is 0. The van der Waals surface area contributed by atoms with Gasteiger partial charge >= 0.3 is 0 Å². The number of hydrogen-bond acceptors (Lipinski definition) is 0. The van der Waals surface area contributed by atoms with Gasteiger partial charge in [0.25, 0.3) is 0 Å². The van der Waals surface area contributed by atoms with E-state index in [0.717, 1.165) is 0 Å². The van der Waals surface area contributed by atoms with Crippen LogP contribution in [0.5, 0.6) is 0 Å². The molecule has 0 fully saturated rings. The van der Waals surface area contributed by atoms with Gasteiger partial charge in [0, 0.05) is 0 Å². The smallest absolute Gasteiger partial charge is 0.0946 e. The lowest BCUT2D eigenvalue weighted by atomic mass is 9.96. The van der Waals surface area contributed by atoms with E-state index < -0.39 is 87.0 Å². The van der Waals surface area contributed by atoms with Gasteiger partial charge < -0.3 is 0 Å². The van der Waals surface area contributed by atoms with E-state index in [4.69, 9.17) is 464 Å². The Kier molecular flexibility index (Phi) is 25.6. The van der Waals surface area contributed by atoms with Crippen LogP contribution in [0.15, 0.2) is 9.52 Å². The van der Waals surface area contributed by atoms with Crippen LogP contribution in [0.25, 0.3) is 0 Å². The lowest BCUT2D eigenvalue weighted by Crippen LogP contribution is -2.76. The lowest BCUT2D eigenvalue weighted by molar-refractivity contribution is 0.392. The van der Waals surface area contributed by atoms with Gasteiger partial charge in [0.1, 0.15) is 4.49 Å². The molecule has 40 heteroatoms. The van der Waals surface area contributed by atoms with E-state index in [-0.39, 0.29) is 0 Å². The minimum atomic E-state index is -3.75. The SMILES string of the molecule is ClC(Cl)=C(Cl)C(Cl)(Cl)C(Cl)(Cl)C(Cl)(Cl)C(Cl)(Cl)C(Cl)(Cl)C(Cl)(Cl)C(Cl)(Cl)C(Cl)(Cl)C(Cl)(Cl)C(Cl)(Cl)C(Cl)(Cl)C(Cl)(Cl)C(Cl)(Cl)C(Cl)(Cl)C(Cl)(Cl)C(Cl)(Cl)C(Cl)(Cl)C(Cl)(Cl)Cl. The topological polar surface area (TPSA) is 0 Å². The van der Waals surface area contributed by atoms with Crippen LogP contribution >= 0.6 is 464 Å². The van der Waals surface area contributed by atoms with Crippen LogP contribution in [0.1, 0.15) is 0 Å². The standard InChI is InChI=1S/C20Cl40/c21-1(2(22)23)3(24,25)4(26,27)5(28,29)6(30,31)7(32,33)8(34,35)9(36,37)10(38,39)11(40,41)12(42,43)13(44,45)14(46,47)15(48,49)16(50,51)17(52,53)18(54,55)19(56,57)20(58,59)60. The molecule has 0 aromatic carbocycles. The molecule has 0 nitrogen and oxygen atoms in total. The van der Waals surface area contributed by atoms with Gasteiger partial charge in [-0.1, -0.05) is 464 Å². The molecule has 0 aromatic heterocycles. The molecule has 0 saturated carbocycles. The molecule has 0 unspecified atom stereocenters. The van der Waals surface area contributed by atoms with Crippen molar-refractivity contribution in [2.45, 2.75) is 77.5 Å². The lowest BCUT2D eigenvalue weighted by Gasteiger charge is -2.59. The van der Waals surface area contributed by atoms with Crippen molar-refractivity contribution in [1.29, 1.82) is 0 Å². The molecule has 0 saturated heterocycles. The fourth-order valence-corrected chi connectivity index (χ4v) is 16.9. The van der Waals surface area contributed by atoms with Crippen molar-refractivity contribution >= 4 is 464 Å². The van der Waals surface area contributed by atoms with Crippen molar-refractivity contribution in [2.75, 3.05) is 0 Å². The molecular weight excluding hydrogens is 1660 g/mol. The second-order valence-electron chi connectivity index (χ2n) is 10.8. The maximum Gasteiger partial charge on any atom is 0.226 e. The van der Waals surface area contributed by atoms with Crippen LogP contribution in [0.2, 0.25) is 0 Å². The van der Waals surface area contributed by atoms with E-state index in [2.05, 4.69) is 0 Å². The Bertz CT molecular complexity index is 1610. The van der Waals surface area contributed by atoms with E-state index in [1.54, 1.807) is 0 Å². The molecule has 0 radical (unpaired) electrons. The summed E-state index contributed by atoms with van der Waals surface area (Å²) in [5, 5.41) is -0.939. The highest BCUT2D eigenvalue weighted by molar-refractivity contribution is 6.86. The van der Waals surface area contributed by atoms with Gasteiger partial charge in [0.15, 0.2) is 69.3 Å². The third kappa shape index (κ3) is 10.7. The molecule has 360 valence electrons. The first-order chi connectivity index (χ1) is 25.1. The van der Waals surface area contributed by atoms with Gasteiger partial charge in [-0.15, -0.1) is 0 Å². The van der Waals surface area contributed by atoms with Crippen LogP contribution in [0, 0.1) is 0 Å². The molecule has 0 aliphatic rings. The van der Waals surface area contributed by atoms with Crippen molar-refractivity contribution in [3.05, 3.63) is 9.52 Å². The first-order valence-corrected chi connectivity index (χ1v) is 27.4. The van der Waals surface area contributed by atoms with Gasteiger partial charge in [-0.25, -0.2) is 0 Å².